The molecule has 0 aliphatic carbocycles. The average molecular weight is 202 g/mol. The van der Waals surface area contributed by atoms with Gasteiger partial charge in [-0.05, 0) is 12.1 Å². The number of rotatable bonds is 1. The molecule has 1 aromatic carbocycles. The van der Waals surface area contributed by atoms with Crippen LogP contribution in [0.3, 0.4) is 0 Å². The predicted octanol–water partition coefficient (Wildman–Crippen LogP) is 1.47. The zero-order valence-corrected chi connectivity index (χ0v) is 9.38. The van der Waals surface area contributed by atoms with E-state index in [1.807, 2.05) is 6.07 Å². The Morgan fingerprint density at radius 2 is 1.82 bits per heavy atom. The molecule has 0 aliphatic rings. The Hall–Kier alpha value is -0.687. The summed E-state index contributed by atoms with van der Waals surface area (Å²) >= 11 is 0. The van der Waals surface area contributed by atoms with Gasteiger partial charge in [0.15, 0.2) is 0 Å². The second-order valence-electron chi connectivity index (χ2n) is 1.86. The van der Waals surface area contributed by atoms with E-state index in [4.69, 9.17) is 0 Å². The number of carbonyl (C=O) groups excluding carboxylic acids is 1. The summed E-state index contributed by atoms with van der Waals surface area (Å²) < 4.78 is 4.50. The topological polar surface area (TPSA) is 26.3 Å². The van der Waals surface area contributed by atoms with Crippen LogP contribution in [-0.4, -0.2) is 13.1 Å². The Balaban J connectivity index is 0.000001000. The molecule has 0 heterocycles. The third-order valence-corrected chi connectivity index (χ3v) is 1.19. The van der Waals surface area contributed by atoms with Crippen LogP contribution in [0.25, 0.3) is 0 Å². The van der Waals surface area contributed by atoms with Crippen LogP contribution in [-0.2, 0) is 24.2 Å². The Bertz CT molecular complexity index is 221. The van der Waals surface area contributed by atoms with Crippen molar-refractivity contribution in [3.05, 3.63) is 35.9 Å². The Kier molecular flexibility index (Phi) is 4.72. The third kappa shape index (κ3) is 2.81. The summed E-state index contributed by atoms with van der Waals surface area (Å²) in [7, 11) is 1.37. The first-order valence-electron chi connectivity index (χ1n) is 2.98. The molecule has 0 radical (unpaired) electrons. The number of carbonyl (C=O) groups is 1. The van der Waals surface area contributed by atoms with E-state index in [1.54, 1.807) is 24.3 Å². The fourth-order valence-electron chi connectivity index (χ4n) is 0.692. The fraction of sp³-hybridized carbons (Fsp3) is 0.125. The maximum absolute atomic E-state index is 10.8. The van der Waals surface area contributed by atoms with Gasteiger partial charge in [-0.15, -0.1) is 0 Å². The zero-order valence-electron chi connectivity index (χ0n) is 6.41. The molecule has 1 aromatic rings. The number of hydrogen-bond donors (Lipinski definition) is 0. The molecule has 0 fully saturated rings. The number of methoxy groups -OCH3 is 1. The van der Waals surface area contributed by atoms with Gasteiger partial charge in [0.1, 0.15) is 0 Å². The molecule has 11 heavy (non-hydrogen) atoms. The number of hydrogen-bond acceptors (Lipinski definition) is 2. The van der Waals surface area contributed by atoms with Gasteiger partial charge in [0, 0.05) is 19.5 Å². The van der Waals surface area contributed by atoms with Crippen LogP contribution < -0.4 is 0 Å². The minimum atomic E-state index is -0.291. The largest absolute Gasteiger partial charge is 0.465 e. The van der Waals surface area contributed by atoms with Crippen molar-refractivity contribution >= 4 is 5.97 Å². The van der Waals surface area contributed by atoms with Crippen molar-refractivity contribution in [3.63, 3.8) is 0 Å². The second kappa shape index (κ2) is 5.03. The summed E-state index contributed by atoms with van der Waals surface area (Å²) in [6.45, 7) is 0. The van der Waals surface area contributed by atoms with E-state index < -0.39 is 0 Å². The van der Waals surface area contributed by atoms with Crippen LogP contribution in [0, 0.1) is 0 Å². The van der Waals surface area contributed by atoms with E-state index in [1.165, 1.54) is 7.11 Å². The van der Waals surface area contributed by atoms with Crippen molar-refractivity contribution in [1.82, 2.24) is 0 Å². The van der Waals surface area contributed by atoms with Crippen molar-refractivity contribution in [2.75, 3.05) is 7.11 Å². The van der Waals surface area contributed by atoms with E-state index in [0.29, 0.717) is 5.56 Å². The average Bonchev–Trinajstić information content (AvgIpc) is 2.05. The molecular formula is C8H8O2Zn. The van der Waals surface area contributed by atoms with Gasteiger partial charge in [-0.25, -0.2) is 4.79 Å². The minimum absolute atomic E-state index is 0. The third-order valence-electron chi connectivity index (χ3n) is 1.19. The van der Waals surface area contributed by atoms with E-state index in [2.05, 4.69) is 4.74 Å². The van der Waals surface area contributed by atoms with Gasteiger partial charge in [-0.3, -0.25) is 0 Å². The monoisotopic (exact) mass is 200 g/mol. The van der Waals surface area contributed by atoms with Crippen molar-refractivity contribution < 1.29 is 29.0 Å². The normalized spacial score (nSPS) is 8.09. The van der Waals surface area contributed by atoms with Crippen molar-refractivity contribution in [1.29, 1.82) is 0 Å². The number of benzene rings is 1. The first-order chi connectivity index (χ1) is 4.84. The Labute approximate surface area is 78.3 Å². The molecule has 0 bridgehead atoms. The van der Waals surface area contributed by atoms with E-state index >= 15 is 0 Å². The van der Waals surface area contributed by atoms with Crippen LogP contribution >= 0.6 is 0 Å². The molecule has 0 saturated heterocycles. The molecule has 0 saturated carbocycles. The predicted molar refractivity (Wildman–Crippen MR) is 37.8 cm³/mol. The molecule has 0 unspecified atom stereocenters. The molecule has 0 N–H and O–H groups in total. The number of esters is 1. The van der Waals surface area contributed by atoms with Crippen molar-refractivity contribution in [3.8, 4) is 0 Å². The van der Waals surface area contributed by atoms with E-state index in [9.17, 15) is 4.79 Å². The minimum Gasteiger partial charge on any atom is -0.465 e. The smallest absolute Gasteiger partial charge is 0.337 e. The Morgan fingerprint density at radius 3 is 2.27 bits per heavy atom. The molecule has 0 amide bonds. The second-order valence-corrected chi connectivity index (χ2v) is 1.86. The summed E-state index contributed by atoms with van der Waals surface area (Å²) in [6.07, 6.45) is 0. The molecular weight excluding hydrogens is 193 g/mol. The van der Waals surface area contributed by atoms with Gasteiger partial charge < -0.3 is 4.74 Å². The molecule has 0 spiro atoms. The van der Waals surface area contributed by atoms with Gasteiger partial charge in [-0.2, -0.15) is 0 Å². The van der Waals surface area contributed by atoms with Crippen LogP contribution in [0.15, 0.2) is 30.3 Å². The van der Waals surface area contributed by atoms with Crippen LogP contribution in [0.1, 0.15) is 10.4 Å². The van der Waals surface area contributed by atoms with Gasteiger partial charge in [0.25, 0.3) is 0 Å². The zero-order chi connectivity index (χ0) is 7.40. The van der Waals surface area contributed by atoms with Crippen LogP contribution in [0.4, 0.5) is 0 Å². The van der Waals surface area contributed by atoms with Crippen LogP contribution in [0.2, 0.25) is 0 Å². The summed E-state index contributed by atoms with van der Waals surface area (Å²) in [4.78, 5) is 10.8. The molecule has 54 valence electrons. The van der Waals surface area contributed by atoms with Gasteiger partial charge >= 0.3 is 5.97 Å². The fourth-order valence-corrected chi connectivity index (χ4v) is 0.692. The van der Waals surface area contributed by atoms with Gasteiger partial charge in [-0.1, -0.05) is 18.2 Å². The van der Waals surface area contributed by atoms with Gasteiger partial charge in [0.05, 0.1) is 12.7 Å². The maximum Gasteiger partial charge on any atom is 0.337 e. The molecule has 0 aliphatic heterocycles. The summed E-state index contributed by atoms with van der Waals surface area (Å²) in [6, 6.07) is 8.88. The first-order valence-corrected chi connectivity index (χ1v) is 2.98. The van der Waals surface area contributed by atoms with Crippen molar-refractivity contribution in [2.45, 2.75) is 0 Å². The molecule has 1 rings (SSSR count). The van der Waals surface area contributed by atoms with E-state index in [0.717, 1.165) is 0 Å². The quantitative estimate of drug-likeness (QED) is 0.508. The molecule has 3 heteroatoms. The van der Waals surface area contributed by atoms with Crippen molar-refractivity contribution in [2.24, 2.45) is 0 Å². The number of ether oxygens (including phenoxy) is 1. The first kappa shape index (κ1) is 10.3. The summed E-state index contributed by atoms with van der Waals surface area (Å²) in [5.74, 6) is -0.291. The maximum atomic E-state index is 10.8. The van der Waals surface area contributed by atoms with Crippen LogP contribution in [0.5, 0.6) is 0 Å². The van der Waals surface area contributed by atoms with Gasteiger partial charge in [0.2, 0.25) is 0 Å². The Morgan fingerprint density at radius 1 is 1.27 bits per heavy atom. The molecule has 0 atom stereocenters. The summed E-state index contributed by atoms with van der Waals surface area (Å²) in [5, 5.41) is 0. The van der Waals surface area contributed by atoms with E-state index in [-0.39, 0.29) is 25.4 Å². The molecule has 0 aromatic heterocycles. The summed E-state index contributed by atoms with van der Waals surface area (Å²) in [5.41, 5.74) is 0.588. The molecule has 2 nitrogen and oxygen atoms in total. The SMILES string of the molecule is COC(=O)c1ccccc1.[Zn]. The standard InChI is InChI=1S/C8H8O2.Zn/c1-10-8(9)7-5-3-2-4-6-7;/h2-6H,1H3;.